The predicted molar refractivity (Wildman–Crippen MR) is 95.9 cm³/mol. The van der Waals surface area contributed by atoms with Gasteiger partial charge in [-0.3, -0.25) is 0 Å². The number of ether oxygens (including phenoxy) is 1. The Bertz CT molecular complexity index is 753. The lowest BCUT2D eigenvalue weighted by Gasteiger charge is -2.30. The van der Waals surface area contributed by atoms with E-state index >= 15 is 0 Å². The van der Waals surface area contributed by atoms with Crippen molar-refractivity contribution in [3.8, 4) is 5.69 Å². The van der Waals surface area contributed by atoms with Crippen LogP contribution in [0.1, 0.15) is 31.4 Å². The Morgan fingerprint density at radius 1 is 1.28 bits per heavy atom. The monoisotopic (exact) mass is 340 g/mol. The van der Waals surface area contributed by atoms with Gasteiger partial charge in [0.25, 0.3) is 0 Å². The van der Waals surface area contributed by atoms with Gasteiger partial charge in [-0.05, 0) is 62.8 Å². The van der Waals surface area contributed by atoms with Crippen LogP contribution in [0, 0.1) is 12.8 Å². The van der Waals surface area contributed by atoms with Crippen LogP contribution in [0.3, 0.4) is 0 Å². The van der Waals surface area contributed by atoms with Crippen molar-refractivity contribution in [2.45, 2.75) is 44.8 Å². The number of rotatable bonds is 4. The Morgan fingerprint density at radius 3 is 2.92 bits per heavy atom. The lowest BCUT2D eigenvalue weighted by molar-refractivity contribution is -0.00889. The fourth-order valence-corrected chi connectivity index (χ4v) is 3.46. The minimum absolute atomic E-state index is 0.157. The molecule has 1 aromatic heterocycles. The SMILES string of the molecule is Cc1ccnn1-c1cccc(NC(=O)N[C@H]2CCO[C@H](C3CC3)C2)c1. The molecule has 2 heterocycles. The number of hydrogen-bond donors (Lipinski definition) is 2. The molecule has 4 rings (SSSR count). The van der Waals surface area contributed by atoms with E-state index in [2.05, 4.69) is 15.7 Å². The van der Waals surface area contributed by atoms with Crippen LogP contribution in [-0.2, 0) is 4.74 Å². The van der Waals surface area contributed by atoms with E-state index in [1.807, 2.05) is 41.9 Å². The number of anilines is 1. The van der Waals surface area contributed by atoms with Crippen molar-refractivity contribution in [2.75, 3.05) is 11.9 Å². The summed E-state index contributed by atoms with van der Waals surface area (Å²) in [5, 5.41) is 10.3. The summed E-state index contributed by atoms with van der Waals surface area (Å²) >= 11 is 0. The van der Waals surface area contributed by atoms with Crippen LogP contribution in [-0.4, -0.2) is 34.6 Å². The molecule has 2 fully saturated rings. The highest BCUT2D eigenvalue weighted by Gasteiger charge is 2.36. The van der Waals surface area contributed by atoms with Gasteiger partial charge >= 0.3 is 6.03 Å². The number of amides is 2. The molecule has 1 saturated carbocycles. The van der Waals surface area contributed by atoms with Gasteiger partial charge in [0.2, 0.25) is 0 Å². The van der Waals surface area contributed by atoms with Crippen LogP contribution in [0.5, 0.6) is 0 Å². The summed E-state index contributed by atoms with van der Waals surface area (Å²) in [5.41, 5.74) is 2.74. The summed E-state index contributed by atoms with van der Waals surface area (Å²) in [6.07, 6.45) is 6.43. The number of aryl methyl sites for hydroxylation is 1. The standard InChI is InChI=1S/C19H24N4O2/c1-13-7-9-20-23(13)17-4-2-3-15(11-17)21-19(24)22-16-8-10-25-18(12-16)14-5-6-14/h2-4,7,9,11,14,16,18H,5-6,8,10,12H2,1H3,(H2,21,22,24)/t16-,18-/m0/s1. The third kappa shape index (κ3) is 3.85. The van der Waals surface area contributed by atoms with E-state index < -0.39 is 0 Å². The highest BCUT2D eigenvalue weighted by Crippen LogP contribution is 2.38. The number of hydrogen-bond acceptors (Lipinski definition) is 3. The van der Waals surface area contributed by atoms with E-state index in [0.717, 1.165) is 36.5 Å². The van der Waals surface area contributed by atoms with Crippen LogP contribution < -0.4 is 10.6 Å². The molecule has 2 atom stereocenters. The van der Waals surface area contributed by atoms with Gasteiger partial charge in [-0.1, -0.05) is 6.07 Å². The van der Waals surface area contributed by atoms with Gasteiger partial charge in [0, 0.05) is 30.2 Å². The van der Waals surface area contributed by atoms with E-state index in [1.165, 1.54) is 12.8 Å². The summed E-state index contributed by atoms with van der Waals surface area (Å²) in [6, 6.07) is 9.70. The first kappa shape index (κ1) is 16.1. The van der Waals surface area contributed by atoms with E-state index in [0.29, 0.717) is 12.0 Å². The number of carbonyl (C=O) groups is 1. The maximum Gasteiger partial charge on any atom is 0.319 e. The summed E-state index contributed by atoms with van der Waals surface area (Å²) in [6.45, 7) is 2.74. The van der Waals surface area contributed by atoms with E-state index in [9.17, 15) is 4.79 Å². The molecule has 1 aliphatic carbocycles. The number of benzene rings is 1. The highest BCUT2D eigenvalue weighted by atomic mass is 16.5. The molecule has 0 bridgehead atoms. The largest absolute Gasteiger partial charge is 0.378 e. The van der Waals surface area contributed by atoms with Crippen LogP contribution in [0.15, 0.2) is 36.5 Å². The van der Waals surface area contributed by atoms with Gasteiger partial charge in [0.05, 0.1) is 11.8 Å². The number of nitrogens with one attached hydrogen (secondary N) is 2. The molecule has 132 valence electrons. The van der Waals surface area contributed by atoms with E-state index in [4.69, 9.17) is 4.74 Å². The Balaban J connectivity index is 1.37. The van der Waals surface area contributed by atoms with Gasteiger partial charge in [-0.2, -0.15) is 5.10 Å². The molecular weight excluding hydrogens is 316 g/mol. The zero-order valence-electron chi connectivity index (χ0n) is 14.4. The van der Waals surface area contributed by atoms with Gasteiger partial charge in [0.15, 0.2) is 0 Å². The van der Waals surface area contributed by atoms with Crippen molar-refractivity contribution in [3.63, 3.8) is 0 Å². The van der Waals surface area contributed by atoms with Crippen molar-refractivity contribution < 1.29 is 9.53 Å². The number of nitrogens with zero attached hydrogens (tertiary/aromatic N) is 2. The van der Waals surface area contributed by atoms with Crippen LogP contribution in [0.2, 0.25) is 0 Å². The first-order chi connectivity index (χ1) is 12.2. The van der Waals surface area contributed by atoms with Gasteiger partial charge in [-0.25, -0.2) is 9.48 Å². The zero-order chi connectivity index (χ0) is 17.2. The van der Waals surface area contributed by atoms with Gasteiger partial charge in [-0.15, -0.1) is 0 Å². The minimum atomic E-state index is -0.157. The number of carbonyl (C=O) groups excluding carboxylic acids is 1. The van der Waals surface area contributed by atoms with Crippen molar-refractivity contribution in [1.82, 2.24) is 15.1 Å². The van der Waals surface area contributed by atoms with Crippen molar-refractivity contribution in [2.24, 2.45) is 5.92 Å². The van der Waals surface area contributed by atoms with Crippen LogP contribution in [0.25, 0.3) is 5.69 Å². The first-order valence-corrected chi connectivity index (χ1v) is 8.99. The lowest BCUT2D eigenvalue weighted by atomic mass is 10.0. The molecule has 2 amide bonds. The van der Waals surface area contributed by atoms with Gasteiger partial charge < -0.3 is 15.4 Å². The fraction of sp³-hybridized carbons (Fsp3) is 0.474. The Morgan fingerprint density at radius 2 is 2.16 bits per heavy atom. The third-order valence-corrected chi connectivity index (χ3v) is 4.98. The lowest BCUT2D eigenvalue weighted by Crippen LogP contribution is -2.44. The van der Waals surface area contributed by atoms with Crippen LogP contribution >= 0.6 is 0 Å². The fourth-order valence-electron chi connectivity index (χ4n) is 3.46. The van der Waals surface area contributed by atoms with Crippen molar-refractivity contribution >= 4 is 11.7 Å². The average Bonchev–Trinajstić information content (AvgIpc) is 3.37. The highest BCUT2D eigenvalue weighted by molar-refractivity contribution is 5.89. The van der Waals surface area contributed by atoms with Gasteiger partial charge in [0.1, 0.15) is 0 Å². The average molecular weight is 340 g/mol. The molecule has 2 aromatic rings. The smallest absolute Gasteiger partial charge is 0.319 e. The molecule has 6 heteroatoms. The predicted octanol–water partition coefficient (Wildman–Crippen LogP) is 3.26. The Hall–Kier alpha value is -2.34. The second-order valence-electron chi connectivity index (χ2n) is 7.00. The molecule has 0 radical (unpaired) electrons. The molecule has 0 unspecified atom stereocenters. The van der Waals surface area contributed by atoms with E-state index in [-0.39, 0.29) is 12.1 Å². The quantitative estimate of drug-likeness (QED) is 0.898. The molecule has 2 N–H and O–H groups in total. The zero-order valence-corrected chi connectivity index (χ0v) is 14.4. The van der Waals surface area contributed by atoms with Crippen molar-refractivity contribution in [1.29, 1.82) is 0 Å². The Labute approximate surface area is 147 Å². The number of urea groups is 1. The summed E-state index contributed by atoms with van der Waals surface area (Å²) in [7, 11) is 0. The third-order valence-electron chi connectivity index (χ3n) is 4.98. The summed E-state index contributed by atoms with van der Waals surface area (Å²) < 4.78 is 7.67. The second-order valence-corrected chi connectivity index (χ2v) is 7.00. The molecule has 1 saturated heterocycles. The molecule has 1 aromatic carbocycles. The summed E-state index contributed by atoms with van der Waals surface area (Å²) in [4.78, 5) is 12.4. The molecular formula is C19H24N4O2. The number of aromatic nitrogens is 2. The van der Waals surface area contributed by atoms with E-state index in [1.54, 1.807) is 6.20 Å². The molecule has 25 heavy (non-hydrogen) atoms. The molecule has 6 nitrogen and oxygen atoms in total. The molecule has 1 aliphatic heterocycles. The molecule has 0 spiro atoms. The topological polar surface area (TPSA) is 68.2 Å². The molecule has 2 aliphatic rings. The minimum Gasteiger partial charge on any atom is -0.378 e. The Kier molecular flexibility index (Phi) is 4.44. The second kappa shape index (κ2) is 6.88. The summed E-state index contributed by atoms with van der Waals surface area (Å²) in [5.74, 6) is 0.710. The first-order valence-electron chi connectivity index (χ1n) is 8.99. The maximum atomic E-state index is 12.4. The maximum absolute atomic E-state index is 12.4. The van der Waals surface area contributed by atoms with Crippen molar-refractivity contribution in [3.05, 3.63) is 42.2 Å². The normalized spacial score (nSPS) is 23.2. The van der Waals surface area contributed by atoms with Crippen LogP contribution in [0.4, 0.5) is 10.5 Å².